The largest absolute Gasteiger partial charge is 0.383 e. The molecular formula is C14H30N2O2. The van der Waals surface area contributed by atoms with Crippen molar-refractivity contribution in [1.29, 1.82) is 0 Å². The maximum Gasteiger partial charge on any atom is 0.0587 e. The van der Waals surface area contributed by atoms with Crippen molar-refractivity contribution in [3.63, 3.8) is 0 Å². The Bertz CT molecular complexity index is 196. The topological polar surface area (TPSA) is 33.7 Å². The molecule has 0 saturated heterocycles. The summed E-state index contributed by atoms with van der Waals surface area (Å²) in [7, 11) is 3.94. The molecule has 0 aromatic rings. The van der Waals surface area contributed by atoms with E-state index in [-0.39, 0.29) is 0 Å². The Balaban J connectivity index is 1.87. The summed E-state index contributed by atoms with van der Waals surface area (Å²) in [5.41, 5.74) is 0. The van der Waals surface area contributed by atoms with Crippen molar-refractivity contribution in [2.75, 3.05) is 53.6 Å². The Labute approximate surface area is 112 Å². The highest BCUT2D eigenvalue weighted by atomic mass is 16.5. The number of hydrogen-bond acceptors (Lipinski definition) is 4. The lowest BCUT2D eigenvalue weighted by Gasteiger charge is -2.35. The predicted molar refractivity (Wildman–Crippen MR) is 75.0 cm³/mol. The predicted octanol–water partition coefficient (Wildman–Crippen LogP) is 1.36. The van der Waals surface area contributed by atoms with E-state index < -0.39 is 0 Å². The Kier molecular flexibility index (Phi) is 8.59. The van der Waals surface area contributed by atoms with Crippen LogP contribution in [0.15, 0.2) is 0 Å². The van der Waals surface area contributed by atoms with E-state index in [0.717, 1.165) is 38.8 Å². The lowest BCUT2D eigenvalue weighted by atomic mass is 9.80. The summed E-state index contributed by atoms with van der Waals surface area (Å²) in [4.78, 5) is 2.41. The van der Waals surface area contributed by atoms with Crippen LogP contribution in [-0.4, -0.2) is 64.6 Å². The van der Waals surface area contributed by atoms with Crippen molar-refractivity contribution >= 4 is 0 Å². The highest BCUT2D eigenvalue weighted by Gasteiger charge is 2.28. The van der Waals surface area contributed by atoms with Crippen LogP contribution < -0.4 is 5.32 Å². The molecule has 18 heavy (non-hydrogen) atoms. The monoisotopic (exact) mass is 258 g/mol. The summed E-state index contributed by atoms with van der Waals surface area (Å²) in [6.45, 7) is 8.06. The molecule has 0 amide bonds. The van der Waals surface area contributed by atoms with Gasteiger partial charge in [0.1, 0.15) is 0 Å². The van der Waals surface area contributed by atoms with Crippen LogP contribution in [0.25, 0.3) is 0 Å². The van der Waals surface area contributed by atoms with Gasteiger partial charge in [-0.15, -0.1) is 0 Å². The number of ether oxygens (including phenoxy) is 2. The van der Waals surface area contributed by atoms with E-state index in [0.29, 0.717) is 6.10 Å². The molecule has 0 atom stereocenters. The number of hydrogen-bond donors (Lipinski definition) is 1. The first-order valence-electron chi connectivity index (χ1n) is 7.26. The van der Waals surface area contributed by atoms with Crippen LogP contribution in [0.5, 0.6) is 0 Å². The normalized spacial score (nSPS) is 23.3. The van der Waals surface area contributed by atoms with Gasteiger partial charge in [-0.25, -0.2) is 0 Å². The van der Waals surface area contributed by atoms with E-state index >= 15 is 0 Å². The van der Waals surface area contributed by atoms with Gasteiger partial charge in [-0.2, -0.15) is 0 Å². The molecule has 0 aromatic heterocycles. The fourth-order valence-electron chi connectivity index (χ4n) is 2.37. The molecule has 4 heteroatoms. The zero-order chi connectivity index (χ0) is 13.2. The first-order chi connectivity index (χ1) is 8.76. The van der Waals surface area contributed by atoms with Gasteiger partial charge in [-0.3, -0.25) is 0 Å². The number of methoxy groups -OCH3 is 1. The van der Waals surface area contributed by atoms with Crippen LogP contribution >= 0.6 is 0 Å². The molecule has 1 N–H and O–H groups in total. The third kappa shape index (κ3) is 6.69. The molecule has 1 fully saturated rings. The van der Waals surface area contributed by atoms with Crippen LogP contribution in [0.1, 0.15) is 26.2 Å². The van der Waals surface area contributed by atoms with Gasteiger partial charge in [0.2, 0.25) is 0 Å². The lowest BCUT2D eigenvalue weighted by molar-refractivity contribution is -0.0282. The molecule has 1 saturated carbocycles. The third-order valence-corrected chi connectivity index (χ3v) is 3.67. The van der Waals surface area contributed by atoms with Crippen LogP contribution in [0.4, 0.5) is 0 Å². The minimum absolute atomic E-state index is 0.556. The number of likely N-dealkylation sites (N-methyl/N-ethyl adjacent to an activating group) is 1. The zero-order valence-electron chi connectivity index (χ0n) is 12.3. The van der Waals surface area contributed by atoms with Gasteiger partial charge < -0.3 is 19.7 Å². The molecular weight excluding hydrogens is 228 g/mol. The third-order valence-electron chi connectivity index (χ3n) is 3.67. The number of nitrogens with zero attached hydrogens (tertiary/aromatic N) is 1. The molecule has 0 aromatic carbocycles. The minimum atomic E-state index is 0.556. The zero-order valence-corrected chi connectivity index (χ0v) is 12.3. The molecule has 0 unspecified atom stereocenters. The average molecular weight is 258 g/mol. The highest BCUT2D eigenvalue weighted by Crippen LogP contribution is 2.32. The highest BCUT2D eigenvalue weighted by molar-refractivity contribution is 4.80. The van der Waals surface area contributed by atoms with E-state index in [1.54, 1.807) is 7.11 Å². The van der Waals surface area contributed by atoms with Crippen LogP contribution in [0.2, 0.25) is 0 Å². The van der Waals surface area contributed by atoms with E-state index in [1.165, 1.54) is 25.8 Å². The summed E-state index contributed by atoms with van der Waals surface area (Å²) >= 11 is 0. The second kappa shape index (κ2) is 9.73. The standard InChI is InChI=1S/C14H30N2O2/c1-4-18-14-11-13(12-14)5-8-16(2)9-6-15-7-10-17-3/h13-15H,4-12H2,1-3H3. The minimum Gasteiger partial charge on any atom is -0.383 e. The van der Waals surface area contributed by atoms with Gasteiger partial charge in [0, 0.05) is 33.4 Å². The molecule has 0 aliphatic heterocycles. The smallest absolute Gasteiger partial charge is 0.0587 e. The molecule has 0 spiro atoms. The van der Waals surface area contributed by atoms with Crippen molar-refractivity contribution in [2.45, 2.75) is 32.3 Å². The Morgan fingerprint density at radius 3 is 2.67 bits per heavy atom. The van der Waals surface area contributed by atoms with Crippen molar-refractivity contribution in [3.8, 4) is 0 Å². The van der Waals surface area contributed by atoms with Gasteiger partial charge in [-0.05, 0) is 45.7 Å². The summed E-state index contributed by atoms with van der Waals surface area (Å²) < 4.78 is 10.6. The molecule has 0 bridgehead atoms. The maximum atomic E-state index is 5.58. The second-order valence-corrected chi connectivity index (χ2v) is 5.25. The van der Waals surface area contributed by atoms with Gasteiger partial charge in [0.15, 0.2) is 0 Å². The van der Waals surface area contributed by atoms with E-state index in [2.05, 4.69) is 24.2 Å². The quantitative estimate of drug-likeness (QED) is 0.567. The molecule has 4 nitrogen and oxygen atoms in total. The van der Waals surface area contributed by atoms with Crippen molar-refractivity contribution in [3.05, 3.63) is 0 Å². The van der Waals surface area contributed by atoms with E-state index in [9.17, 15) is 0 Å². The SMILES string of the molecule is CCOC1CC(CCN(C)CCNCCOC)C1. The molecule has 0 radical (unpaired) electrons. The summed E-state index contributed by atoms with van der Waals surface area (Å²) in [6, 6.07) is 0. The van der Waals surface area contributed by atoms with Crippen molar-refractivity contribution in [2.24, 2.45) is 5.92 Å². The summed E-state index contributed by atoms with van der Waals surface area (Å²) in [5, 5.41) is 3.37. The average Bonchev–Trinajstić information content (AvgIpc) is 2.31. The van der Waals surface area contributed by atoms with Crippen molar-refractivity contribution in [1.82, 2.24) is 10.2 Å². The first kappa shape index (κ1) is 15.9. The van der Waals surface area contributed by atoms with Crippen LogP contribution in [0, 0.1) is 5.92 Å². The fraction of sp³-hybridized carbons (Fsp3) is 1.00. The molecule has 108 valence electrons. The second-order valence-electron chi connectivity index (χ2n) is 5.25. The molecule has 1 aliphatic carbocycles. The Hall–Kier alpha value is -0.160. The number of rotatable bonds is 11. The van der Waals surface area contributed by atoms with Crippen molar-refractivity contribution < 1.29 is 9.47 Å². The van der Waals surface area contributed by atoms with Crippen LogP contribution in [-0.2, 0) is 9.47 Å². The summed E-state index contributed by atoms with van der Waals surface area (Å²) in [5.74, 6) is 0.894. The number of nitrogens with one attached hydrogen (secondary N) is 1. The van der Waals surface area contributed by atoms with Crippen LogP contribution in [0.3, 0.4) is 0 Å². The lowest BCUT2D eigenvalue weighted by Crippen LogP contribution is -2.36. The van der Waals surface area contributed by atoms with Gasteiger partial charge in [0.05, 0.1) is 12.7 Å². The molecule has 0 heterocycles. The molecule has 1 rings (SSSR count). The first-order valence-corrected chi connectivity index (χ1v) is 7.26. The fourth-order valence-corrected chi connectivity index (χ4v) is 2.37. The van der Waals surface area contributed by atoms with E-state index in [1.807, 2.05) is 0 Å². The maximum absolute atomic E-state index is 5.58. The molecule has 1 aliphatic rings. The van der Waals surface area contributed by atoms with Gasteiger partial charge in [-0.1, -0.05) is 0 Å². The van der Waals surface area contributed by atoms with Gasteiger partial charge >= 0.3 is 0 Å². The van der Waals surface area contributed by atoms with E-state index in [4.69, 9.17) is 9.47 Å². The Morgan fingerprint density at radius 2 is 2.00 bits per heavy atom. The summed E-state index contributed by atoms with van der Waals surface area (Å²) in [6.07, 6.45) is 4.42. The Morgan fingerprint density at radius 1 is 1.22 bits per heavy atom. The van der Waals surface area contributed by atoms with Gasteiger partial charge in [0.25, 0.3) is 0 Å².